The average molecular weight is 546 g/mol. The van der Waals surface area contributed by atoms with Gasteiger partial charge in [-0.15, -0.1) is 0 Å². The maximum Gasteiger partial charge on any atom is 0.306 e. The number of benzene rings is 3. The van der Waals surface area contributed by atoms with Crippen LogP contribution in [0.2, 0.25) is 0 Å². The molecule has 3 rings (SSSR count). The number of hydrogen-bond donors (Lipinski definition) is 0. The molecule has 0 saturated carbocycles. The topological polar surface area (TPSA) is 82.1 Å². The van der Waals surface area contributed by atoms with Crippen LogP contribution in [0.15, 0.2) is 91.0 Å². The molecule has 212 valence electrons. The minimum absolute atomic E-state index is 0.238. The van der Waals surface area contributed by atoms with E-state index in [2.05, 4.69) is 4.90 Å². The van der Waals surface area contributed by atoms with Crippen molar-refractivity contribution in [3.05, 3.63) is 108 Å². The average Bonchev–Trinajstić information content (AvgIpc) is 2.99. The van der Waals surface area contributed by atoms with Crippen molar-refractivity contribution in [2.75, 3.05) is 19.6 Å². The van der Waals surface area contributed by atoms with Crippen molar-refractivity contribution < 1.29 is 28.6 Å². The van der Waals surface area contributed by atoms with E-state index in [4.69, 9.17) is 14.2 Å². The van der Waals surface area contributed by atoms with E-state index in [0.29, 0.717) is 58.2 Å². The van der Waals surface area contributed by atoms with Gasteiger partial charge in [-0.05, 0) is 55.6 Å². The second kappa shape index (κ2) is 18.3. The van der Waals surface area contributed by atoms with Crippen LogP contribution in [-0.2, 0) is 48.4 Å². The highest BCUT2D eigenvalue weighted by atomic mass is 16.5. The number of carbonyl (C=O) groups is 3. The third-order valence-corrected chi connectivity index (χ3v) is 6.29. The van der Waals surface area contributed by atoms with Crippen molar-refractivity contribution in [3.63, 3.8) is 0 Å². The van der Waals surface area contributed by atoms with Gasteiger partial charge in [0, 0.05) is 19.3 Å². The van der Waals surface area contributed by atoms with E-state index >= 15 is 0 Å². The summed E-state index contributed by atoms with van der Waals surface area (Å²) in [5.41, 5.74) is 2.86. The summed E-state index contributed by atoms with van der Waals surface area (Å²) in [6, 6.07) is 28.8. The van der Waals surface area contributed by atoms with E-state index in [0.717, 1.165) is 16.7 Å². The molecular formula is C33H39NO6. The Kier molecular flexibility index (Phi) is 14.0. The van der Waals surface area contributed by atoms with Gasteiger partial charge in [0.05, 0.1) is 0 Å². The van der Waals surface area contributed by atoms with Gasteiger partial charge in [-0.1, -0.05) is 91.0 Å². The van der Waals surface area contributed by atoms with Crippen molar-refractivity contribution in [1.82, 2.24) is 4.90 Å². The van der Waals surface area contributed by atoms with Gasteiger partial charge in [0.2, 0.25) is 0 Å². The lowest BCUT2D eigenvalue weighted by Crippen LogP contribution is -2.29. The van der Waals surface area contributed by atoms with Crippen molar-refractivity contribution >= 4 is 17.9 Å². The summed E-state index contributed by atoms with van der Waals surface area (Å²) < 4.78 is 16.1. The zero-order valence-electron chi connectivity index (χ0n) is 23.0. The lowest BCUT2D eigenvalue weighted by atomic mass is 10.2. The fraction of sp³-hybridized carbons (Fsp3) is 0.364. The Bertz CT molecular complexity index is 991. The number of esters is 3. The summed E-state index contributed by atoms with van der Waals surface area (Å²) in [7, 11) is 0. The quantitative estimate of drug-likeness (QED) is 0.146. The smallest absolute Gasteiger partial charge is 0.306 e. The van der Waals surface area contributed by atoms with Gasteiger partial charge in [0.15, 0.2) is 0 Å². The number of rotatable bonds is 18. The second-order valence-corrected chi connectivity index (χ2v) is 9.59. The van der Waals surface area contributed by atoms with Crippen LogP contribution >= 0.6 is 0 Å². The lowest BCUT2D eigenvalue weighted by molar-refractivity contribution is -0.145. The molecule has 0 atom stereocenters. The molecule has 0 aliphatic heterocycles. The van der Waals surface area contributed by atoms with Crippen LogP contribution in [-0.4, -0.2) is 42.4 Å². The first-order valence-electron chi connectivity index (χ1n) is 13.9. The van der Waals surface area contributed by atoms with E-state index in [1.165, 1.54) is 0 Å². The van der Waals surface area contributed by atoms with Crippen LogP contribution in [0.4, 0.5) is 0 Å². The van der Waals surface area contributed by atoms with Crippen molar-refractivity contribution in [1.29, 1.82) is 0 Å². The zero-order chi connectivity index (χ0) is 28.3. The van der Waals surface area contributed by atoms with E-state index in [1.807, 2.05) is 91.0 Å². The molecule has 0 saturated heterocycles. The maximum absolute atomic E-state index is 12.2. The predicted octanol–water partition coefficient (Wildman–Crippen LogP) is 5.86. The highest BCUT2D eigenvalue weighted by Crippen LogP contribution is 2.09. The molecule has 40 heavy (non-hydrogen) atoms. The molecule has 0 amide bonds. The van der Waals surface area contributed by atoms with Crippen LogP contribution in [0.1, 0.15) is 55.2 Å². The normalized spacial score (nSPS) is 10.7. The minimum atomic E-state index is -0.238. The van der Waals surface area contributed by atoms with Crippen LogP contribution in [0.5, 0.6) is 0 Å². The van der Waals surface area contributed by atoms with Gasteiger partial charge in [-0.3, -0.25) is 14.4 Å². The predicted molar refractivity (Wildman–Crippen MR) is 153 cm³/mol. The van der Waals surface area contributed by atoms with Gasteiger partial charge in [-0.2, -0.15) is 0 Å². The number of ether oxygens (including phenoxy) is 3. The molecule has 0 heterocycles. The van der Waals surface area contributed by atoms with E-state index in [9.17, 15) is 14.4 Å². The van der Waals surface area contributed by atoms with Gasteiger partial charge in [0.25, 0.3) is 0 Å². The Labute approximate surface area is 237 Å². The Balaban J connectivity index is 1.37. The number of nitrogens with zero attached hydrogens (tertiary/aromatic N) is 1. The van der Waals surface area contributed by atoms with Crippen molar-refractivity contribution in [2.24, 2.45) is 0 Å². The highest BCUT2D eigenvalue weighted by Gasteiger charge is 2.12. The Hall–Kier alpha value is -3.97. The van der Waals surface area contributed by atoms with Gasteiger partial charge in [0.1, 0.15) is 19.8 Å². The van der Waals surface area contributed by atoms with E-state index in [1.54, 1.807) is 0 Å². The summed E-state index contributed by atoms with van der Waals surface area (Å²) in [6.07, 6.45) is 2.81. The molecule has 3 aromatic rings. The Morgan fingerprint density at radius 1 is 0.450 bits per heavy atom. The molecular weight excluding hydrogens is 506 g/mol. The summed E-state index contributed by atoms with van der Waals surface area (Å²) in [4.78, 5) is 38.8. The molecule has 0 N–H and O–H groups in total. The third kappa shape index (κ3) is 13.2. The van der Waals surface area contributed by atoms with Gasteiger partial charge in [-0.25, -0.2) is 0 Å². The van der Waals surface area contributed by atoms with E-state index in [-0.39, 0.29) is 37.7 Å². The summed E-state index contributed by atoms with van der Waals surface area (Å²) in [5.74, 6) is -0.714. The monoisotopic (exact) mass is 545 g/mol. The summed E-state index contributed by atoms with van der Waals surface area (Å²) >= 11 is 0. The highest BCUT2D eigenvalue weighted by molar-refractivity contribution is 5.70. The van der Waals surface area contributed by atoms with E-state index < -0.39 is 0 Å². The molecule has 0 unspecified atom stereocenters. The Morgan fingerprint density at radius 3 is 1.00 bits per heavy atom. The molecule has 0 bridgehead atoms. The largest absolute Gasteiger partial charge is 0.461 e. The zero-order valence-corrected chi connectivity index (χ0v) is 23.0. The van der Waals surface area contributed by atoms with Crippen LogP contribution < -0.4 is 0 Å². The van der Waals surface area contributed by atoms with Crippen LogP contribution in [0, 0.1) is 0 Å². The van der Waals surface area contributed by atoms with Crippen molar-refractivity contribution in [3.8, 4) is 0 Å². The molecule has 0 aromatic heterocycles. The summed E-state index contributed by atoms with van der Waals surface area (Å²) in [6.45, 7) is 2.79. The van der Waals surface area contributed by atoms with Gasteiger partial charge < -0.3 is 19.1 Å². The first kappa shape index (κ1) is 30.6. The minimum Gasteiger partial charge on any atom is -0.461 e. The first-order valence-corrected chi connectivity index (χ1v) is 13.9. The van der Waals surface area contributed by atoms with Crippen molar-refractivity contribution in [2.45, 2.75) is 58.3 Å². The van der Waals surface area contributed by atoms with Crippen LogP contribution in [0.3, 0.4) is 0 Å². The lowest BCUT2D eigenvalue weighted by Gasteiger charge is -2.22. The third-order valence-electron chi connectivity index (χ3n) is 6.29. The molecule has 3 aromatic carbocycles. The van der Waals surface area contributed by atoms with Gasteiger partial charge >= 0.3 is 17.9 Å². The molecule has 0 aliphatic carbocycles. The second-order valence-electron chi connectivity index (χ2n) is 9.59. The standard InChI is InChI=1S/C33H39NO6/c35-31(38-25-28-13-4-1-5-14-28)19-10-22-34(23-11-20-32(36)39-26-29-15-6-2-7-16-29)24-12-21-33(37)40-27-30-17-8-3-9-18-30/h1-9,13-18H,10-12,19-27H2. The number of carbonyl (C=O) groups excluding carboxylic acids is 3. The fourth-order valence-electron chi connectivity index (χ4n) is 4.11. The SMILES string of the molecule is O=C(CCCN(CCCC(=O)OCc1ccccc1)CCCC(=O)OCc1ccccc1)OCc1ccccc1. The first-order chi connectivity index (χ1) is 19.6. The molecule has 7 heteroatoms. The number of hydrogen-bond acceptors (Lipinski definition) is 7. The Morgan fingerprint density at radius 2 is 0.725 bits per heavy atom. The fourth-order valence-corrected chi connectivity index (χ4v) is 4.11. The van der Waals surface area contributed by atoms with Crippen LogP contribution in [0.25, 0.3) is 0 Å². The molecule has 0 radical (unpaired) electrons. The molecule has 7 nitrogen and oxygen atoms in total. The molecule has 0 fully saturated rings. The molecule has 0 spiro atoms. The summed E-state index contributed by atoms with van der Waals surface area (Å²) in [5, 5.41) is 0. The molecule has 0 aliphatic rings. The maximum atomic E-state index is 12.2.